The Balaban J connectivity index is 1.61. The highest BCUT2D eigenvalue weighted by molar-refractivity contribution is 6.31. The van der Waals surface area contributed by atoms with Crippen LogP contribution < -0.4 is 5.32 Å². The van der Waals surface area contributed by atoms with Crippen LogP contribution in [0, 0.1) is 0 Å². The highest BCUT2D eigenvalue weighted by Gasteiger charge is 2.33. The summed E-state index contributed by atoms with van der Waals surface area (Å²) in [5, 5.41) is 2.83. The van der Waals surface area contributed by atoms with E-state index in [0.29, 0.717) is 5.69 Å². The minimum atomic E-state index is -4.65. The first kappa shape index (κ1) is 22.3. The molecule has 5 nitrogen and oxygen atoms in total. The molecule has 0 saturated carbocycles. The molecule has 0 atom stereocenters. The molecular weight excluding hydrogens is 431 g/mol. The lowest BCUT2D eigenvalue weighted by Gasteiger charge is -2.16. The number of nitrogens with one attached hydrogen (secondary N) is 1. The monoisotopic (exact) mass is 447 g/mol. The first-order valence-corrected chi connectivity index (χ1v) is 9.47. The molecule has 31 heavy (non-hydrogen) atoms. The number of para-hydroxylation sites is 1. The van der Waals surface area contributed by atoms with Gasteiger partial charge in [-0.2, -0.15) is 13.2 Å². The van der Waals surface area contributed by atoms with E-state index in [1.165, 1.54) is 25.3 Å². The van der Waals surface area contributed by atoms with Crippen molar-refractivity contribution in [3.05, 3.63) is 77.0 Å². The molecule has 0 aliphatic carbocycles. The summed E-state index contributed by atoms with van der Waals surface area (Å²) < 4.78 is 38.8. The normalized spacial score (nSPS) is 11.6. The molecule has 0 saturated heterocycles. The van der Waals surface area contributed by atoms with E-state index < -0.39 is 28.6 Å². The summed E-state index contributed by atoms with van der Waals surface area (Å²) in [6, 6.07) is 14.2. The Bertz CT molecular complexity index is 1160. The Labute approximate surface area is 181 Å². The van der Waals surface area contributed by atoms with Crippen molar-refractivity contribution >= 4 is 46.1 Å². The van der Waals surface area contributed by atoms with Crippen LogP contribution in [0.1, 0.15) is 11.3 Å². The summed E-state index contributed by atoms with van der Waals surface area (Å²) in [5.41, 5.74) is 0.234. The molecule has 2 amide bonds. The zero-order chi connectivity index (χ0) is 22.6. The molecule has 160 valence electrons. The highest BCUT2D eigenvalue weighted by Crippen LogP contribution is 2.36. The molecule has 0 bridgehead atoms. The Morgan fingerprint density at radius 2 is 1.87 bits per heavy atom. The van der Waals surface area contributed by atoms with Gasteiger partial charge in [-0.1, -0.05) is 35.9 Å². The van der Waals surface area contributed by atoms with Gasteiger partial charge in [0.25, 0.3) is 0 Å². The van der Waals surface area contributed by atoms with Gasteiger partial charge in [-0.3, -0.25) is 9.59 Å². The van der Waals surface area contributed by atoms with Crippen LogP contribution in [0.25, 0.3) is 17.0 Å². The van der Waals surface area contributed by atoms with Crippen LogP contribution in [0.2, 0.25) is 5.02 Å². The Morgan fingerprint density at radius 3 is 2.61 bits per heavy atom. The van der Waals surface area contributed by atoms with Gasteiger partial charge in [0.1, 0.15) is 0 Å². The Hall–Kier alpha value is -3.39. The van der Waals surface area contributed by atoms with E-state index in [9.17, 15) is 22.8 Å². The molecule has 3 aromatic rings. The van der Waals surface area contributed by atoms with Gasteiger partial charge in [-0.05, 0) is 36.4 Å². The maximum absolute atomic E-state index is 12.9. The van der Waals surface area contributed by atoms with Crippen molar-refractivity contribution in [3.63, 3.8) is 0 Å². The molecule has 1 heterocycles. The molecule has 0 fully saturated rings. The van der Waals surface area contributed by atoms with E-state index in [-0.39, 0.29) is 12.2 Å². The van der Waals surface area contributed by atoms with E-state index in [1.807, 2.05) is 30.3 Å². The van der Waals surface area contributed by atoms with Crippen LogP contribution in [-0.2, 0) is 15.8 Å². The van der Waals surface area contributed by atoms with Crippen molar-refractivity contribution in [2.75, 3.05) is 18.9 Å². The second kappa shape index (κ2) is 9.18. The van der Waals surface area contributed by atoms with Crippen LogP contribution in [0.4, 0.5) is 18.9 Å². The molecule has 0 unspecified atom stereocenters. The van der Waals surface area contributed by atoms with E-state index in [4.69, 9.17) is 11.6 Å². The Morgan fingerprint density at radius 1 is 1.13 bits per heavy atom. The van der Waals surface area contributed by atoms with Crippen molar-refractivity contribution in [1.82, 2.24) is 9.88 Å². The fraction of sp³-hybridized carbons (Fsp3) is 0.136. The van der Waals surface area contributed by atoms with Crippen LogP contribution in [0.3, 0.4) is 0 Å². The summed E-state index contributed by atoms with van der Waals surface area (Å²) in [5.74, 6) is -1.11. The lowest BCUT2D eigenvalue weighted by atomic mass is 10.2. The first-order valence-electron chi connectivity index (χ1n) is 9.09. The number of anilines is 1. The average Bonchev–Trinajstić information content (AvgIpc) is 2.72. The predicted molar refractivity (Wildman–Crippen MR) is 113 cm³/mol. The number of pyridine rings is 1. The minimum Gasteiger partial charge on any atom is -0.333 e. The number of hydrogen-bond donors (Lipinski definition) is 1. The van der Waals surface area contributed by atoms with E-state index in [0.717, 1.165) is 27.9 Å². The number of alkyl halides is 3. The molecule has 3 rings (SSSR count). The second-order valence-corrected chi connectivity index (χ2v) is 7.10. The van der Waals surface area contributed by atoms with Crippen LogP contribution in [0.15, 0.2) is 60.7 Å². The number of benzene rings is 2. The lowest BCUT2D eigenvalue weighted by Crippen LogP contribution is -2.33. The molecule has 9 heteroatoms. The van der Waals surface area contributed by atoms with Crippen molar-refractivity contribution in [1.29, 1.82) is 0 Å². The summed E-state index contributed by atoms with van der Waals surface area (Å²) >= 11 is 5.56. The number of rotatable bonds is 5. The number of fused-ring (bicyclic) bond motifs is 1. The summed E-state index contributed by atoms with van der Waals surface area (Å²) in [7, 11) is 1.41. The third-order valence-corrected chi connectivity index (χ3v) is 4.66. The fourth-order valence-electron chi connectivity index (χ4n) is 2.77. The third kappa shape index (κ3) is 5.82. The molecule has 1 N–H and O–H groups in total. The fourth-order valence-corrected chi connectivity index (χ4v) is 3.00. The number of nitrogens with zero attached hydrogens (tertiary/aromatic N) is 2. The first-order chi connectivity index (χ1) is 14.6. The van der Waals surface area contributed by atoms with Crippen molar-refractivity contribution in [2.45, 2.75) is 6.18 Å². The molecule has 0 aliphatic heterocycles. The Kier molecular flexibility index (Phi) is 6.60. The largest absolute Gasteiger partial charge is 0.417 e. The number of likely N-dealkylation sites (N-methyl/N-ethyl adjacent to an activating group) is 1. The number of halogens is 4. The number of amides is 2. The van der Waals surface area contributed by atoms with Gasteiger partial charge in [0.15, 0.2) is 0 Å². The lowest BCUT2D eigenvalue weighted by molar-refractivity contribution is -0.137. The van der Waals surface area contributed by atoms with E-state index in [1.54, 1.807) is 6.07 Å². The van der Waals surface area contributed by atoms with Crippen molar-refractivity contribution < 1.29 is 22.8 Å². The smallest absolute Gasteiger partial charge is 0.333 e. The standard InChI is InChI=1S/C22H17ClF3N3O2/c1-29(13-20(30)28-16-8-10-18(23)17(12-16)22(24,25)26)21(31)11-9-15-7-6-14-4-2-3-5-19(14)27-15/h2-12H,13H2,1H3,(H,28,30)/b11-9+. The summed E-state index contributed by atoms with van der Waals surface area (Å²) in [6.07, 6.45) is -1.85. The maximum Gasteiger partial charge on any atom is 0.417 e. The van der Waals surface area contributed by atoms with Crippen LogP contribution in [0.5, 0.6) is 0 Å². The molecule has 0 aliphatic rings. The summed E-state index contributed by atoms with van der Waals surface area (Å²) in [6.45, 7) is -0.349. The molecule has 0 radical (unpaired) electrons. The number of carbonyl (C=O) groups is 2. The zero-order valence-electron chi connectivity index (χ0n) is 16.3. The molecular formula is C22H17ClF3N3O2. The minimum absolute atomic E-state index is 0.0709. The van der Waals surface area contributed by atoms with E-state index >= 15 is 0 Å². The van der Waals surface area contributed by atoms with Gasteiger partial charge in [-0.25, -0.2) is 4.98 Å². The number of hydrogen-bond acceptors (Lipinski definition) is 3. The maximum atomic E-state index is 12.9. The number of aromatic nitrogens is 1. The van der Waals surface area contributed by atoms with Gasteiger partial charge in [0.05, 0.1) is 28.3 Å². The third-order valence-electron chi connectivity index (χ3n) is 4.33. The second-order valence-electron chi connectivity index (χ2n) is 6.70. The van der Waals surface area contributed by atoms with Gasteiger partial charge in [-0.15, -0.1) is 0 Å². The quantitative estimate of drug-likeness (QED) is 0.559. The van der Waals surface area contributed by atoms with Crippen molar-refractivity contribution in [3.8, 4) is 0 Å². The van der Waals surface area contributed by atoms with Gasteiger partial charge in [0, 0.05) is 24.2 Å². The average molecular weight is 448 g/mol. The van der Waals surface area contributed by atoms with Crippen molar-refractivity contribution in [2.24, 2.45) is 0 Å². The molecule has 1 aromatic heterocycles. The highest BCUT2D eigenvalue weighted by atomic mass is 35.5. The number of carbonyl (C=O) groups excluding carboxylic acids is 2. The molecule has 0 spiro atoms. The molecule has 2 aromatic carbocycles. The van der Waals surface area contributed by atoms with Crippen LogP contribution in [-0.4, -0.2) is 35.3 Å². The zero-order valence-corrected chi connectivity index (χ0v) is 17.0. The van der Waals surface area contributed by atoms with Gasteiger partial charge < -0.3 is 10.2 Å². The van der Waals surface area contributed by atoms with Gasteiger partial charge in [0.2, 0.25) is 11.8 Å². The van der Waals surface area contributed by atoms with Gasteiger partial charge >= 0.3 is 6.18 Å². The summed E-state index contributed by atoms with van der Waals surface area (Å²) in [4.78, 5) is 30.0. The van der Waals surface area contributed by atoms with Crippen LogP contribution >= 0.6 is 11.6 Å². The van der Waals surface area contributed by atoms with E-state index in [2.05, 4.69) is 10.3 Å². The predicted octanol–water partition coefficient (Wildman–Crippen LogP) is 5.02. The topological polar surface area (TPSA) is 62.3 Å². The SMILES string of the molecule is CN(CC(=O)Nc1ccc(Cl)c(C(F)(F)F)c1)C(=O)/C=C/c1ccc2ccccc2n1.